The van der Waals surface area contributed by atoms with Crippen molar-refractivity contribution >= 4 is 10.0 Å². The first-order chi connectivity index (χ1) is 12.4. The molecule has 0 spiro atoms. The van der Waals surface area contributed by atoms with E-state index < -0.39 is 16.1 Å². The molecule has 0 aliphatic carbocycles. The lowest BCUT2D eigenvalue weighted by atomic mass is 10.0. The van der Waals surface area contributed by atoms with Gasteiger partial charge in [0, 0.05) is 13.2 Å². The van der Waals surface area contributed by atoms with Crippen LogP contribution >= 0.6 is 0 Å². The number of nitrogens with zero attached hydrogens (tertiary/aromatic N) is 2. The van der Waals surface area contributed by atoms with E-state index in [9.17, 15) is 8.42 Å². The molecule has 0 N–H and O–H groups in total. The molecule has 2 aromatic carbocycles. The second-order valence-corrected chi connectivity index (χ2v) is 8.33. The predicted molar refractivity (Wildman–Crippen MR) is 103 cm³/mol. The summed E-state index contributed by atoms with van der Waals surface area (Å²) >= 11 is 0. The van der Waals surface area contributed by atoms with Crippen molar-refractivity contribution in [2.24, 2.45) is 0 Å². The minimum absolute atomic E-state index is 0.292. The molecule has 0 aliphatic heterocycles. The molecular formula is C21H22N2O2S. The van der Waals surface area contributed by atoms with Gasteiger partial charge in [0.05, 0.1) is 16.6 Å². The first-order valence-electron chi connectivity index (χ1n) is 8.42. The van der Waals surface area contributed by atoms with Crippen LogP contribution < -0.4 is 0 Å². The fourth-order valence-corrected chi connectivity index (χ4v) is 4.32. The molecule has 1 unspecified atom stereocenters. The van der Waals surface area contributed by atoms with E-state index in [4.69, 9.17) is 0 Å². The number of rotatable bonds is 5. The minimum atomic E-state index is -3.68. The van der Waals surface area contributed by atoms with Gasteiger partial charge in [-0.05, 0) is 54.8 Å². The van der Waals surface area contributed by atoms with Gasteiger partial charge in [-0.25, -0.2) is 8.42 Å². The van der Waals surface area contributed by atoms with Crippen LogP contribution in [0.5, 0.6) is 0 Å². The van der Waals surface area contributed by atoms with E-state index in [0.717, 1.165) is 16.7 Å². The number of aryl methyl sites for hydroxylation is 2. The van der Waals surface area contributed by atoms with E-state index >= 15 is 0 Å². The lowest BCUT2D eigenvalue weighted by molar-refractivity contribution is 0.412. The van der Waals surface area contributed by atoms with Gasteiger partial charge in [0.25, 0.3) is 0 Å². The summed E-state index contributed by atoms with van der Waals surface area (Å²) in [4.78, 5) is 4.70. The van der Waals surface area contributed by atoms with Gasteiger partial charge in [-0.2, -0.15) is 4.31 Å². The molecule has 5 heteroatoms. The average molecular weight is 366 g/mol. The highest BCUT2D eigenvalue weighted by Gasteiger charge is 2.31. The molecule has 0 amide bonds. The molecule has 134 valence electrons. The van der Waals surface area contributed by atoms with Crippen molar-refractivity contribution in [2.45, 2.75) is 24.8 Å². The summed E-state index contributed by atoms with van der Waals surface area (Å²) in [6.45, 7) is 3.89. The van der Waals surface area contributed by atoms with Crippen LogP contribution in [0.25, 0.3) is 0 Å². The van der Waals surface area contributed by atoms with Crippen LogP contribution in [0.15, 0.2) is 77.8 Å². The van der Waals surface area contributed by atoms with Crippen LogP contribution in [-0.4, -0.2) is 24.8 Å². The lowest BCUT2D eigenvalue weighted by Gasteiger charge is -2.27. The van der Waals surface area contributed by atoms with Gasteiger partial charge in [0.15, 0.2) is 0 Å². The number of pyridine rings is 1. The van der Waals surface area contributed by atoms with Crippen LogP contribution in [0.2, 0.25) is 0 Å². The molecule has 4 nitrogen and oxygen atoms in total. The summed E-state index contributed by atoms with van der Waals surface area (Å²) in [7, 11) is -2.07. The van der Waals surface area contributed by atoms with Gasteiger partial charge in [-0.3, -0.25) is 4.98 Å². The monoisotopic (exact) mass is 366 g/mol. The fourth-order valence-electron chi connectivity index (χ4n) is 2.92. The highest BCUT2D eigenvalue weighted by atomic mass is 32.2. The van der Waals surface area contributed by atoms with Gasteiger partial charge in [0.2, 0.25) is 10.0 Å². The summed E-state index contributed by atoms with van der Waals surface area (Å²) in [5.41, 5.74) is 3.58. The minimum Gasteiger partial charge on any atom is -0.259 e. The Bertz CT molecular complexity index is 948. The second-order valence-electron chi connectivity index (χ2n) is 6.34. The van der Waals surface area contributed by atoms with E-state index in [1.54, 1.807) is 25.4 Å². The molecule has 0 fully saturated rings. The Labute approximate surface area is 155 Å². The maximum absolute atomic E-state index is 13.3. The third-order valence-electron chi connectivity index (χ3n) is 4.60. The number of hydrogen-bond donors (Lipinski definition) is 0. The summed E-state index contributed by atoms with van der Waals surface area (Å²) in [6.07, 6.45) is 1.68. The second kappa shape index (κ2) is 7.40. The van der Waals surface area contributed by atoms with Gasteiger partial charge < -0.3 is 0 Å². The van der Waals surface area contributed by atoms with Crippen molar-refractivity contribution in [3.8, 4) is 0 Å². The SMILES string of the molecule is Cc1ccc(S(=O)(=O)N(C)C(c2ccccc2)c2ccccn2)cc1C. The number of sulfonamides is 1. The molecule has 0 bridgehead atoms. The standard InChI is InChI=1S/C21H22N2O2S/c1-16-12-13-19(15-17(16)2)26(24,25)23(3)21(18-9-5-4-6-10-18)20-11-7-8-14-22-20/h4-15,21H,1-3H3. The third kappa shape index (κ3) is 3.54. The first kappa shape index (κ1) is 18.3. The van der Waals surface area contributed by atoms with Crippen molar-refractivity contribution < 1.29 is 8.42 Å². The Morgan fingerprint density at radius 3 is 2.19 bits per heavy atom. The van der Waals surface area contributed by atoms with Crippen molar-refractivity contribution in [1.82, 2.24) is 9.29 Å². The molecular weight excluding hydrogens is 344 g/mol. The highest BCUT2D eigenvalue weighted by molar-refractivity contribution is 7.89. The zero-order valence-electron chi connectivity index (χ0n) is 15.1. The first-order valence-corrected chi connectivity index (χ1v) is 9.86. The molecule has 0 aliphatic rings. The Balaban J connectivity index is 2.10. The Hall–Kier alpha value is -2.50. The number of benzene rings is 2. The lowest BCUT2D eigenvalue weighted by Crippen LogP contribution is -2.32. The van der Waals surface area contributed by atoms with Crippen LogP contribution in [0, 0.1) is 13.8 Å². The summed E-state index contributed by atoms with van der Waals surface area (Å²) in [5.74, 6) is 0. The van der Waals surface area contributed by atoms with Gasteiger partial charge in [0.1, 0.15) is 0 Å². The average Bonchev–Trinajstić information content (AvgIpc) is 2.66. The quantitative estimate of drug-likeness (QED) is 0.683. The van der Waals surface area contributed by atoms with Gasteiger partial charge in [-0.1, -0.05) is 42.5 Å². The van der Waals surface area contributed by atoms with Crippen molar-refractivity contribution in [2.75, 3.05) is 7.05 Å². The normalized spacial score (nSPS) is 12.9. The van der Waals surface area contributed by atoms with E-state index in [-0.39, 0.29) is 0 Å². The number of hydrogen-bond acceptors (Lipinski definition) is 3. The Morgan fingerprint density at radius 2 is 1.58 bits per heavy atom. The van der Waals surface area contributed by atoms with Gasteiger partial charge in [-0.15, -0.1) is 0 Å². The maximum Gasteiger partial charge on any atom is 0.243 e. The van der Waals surface area contributed by atoms with E-state index in [1.807, 2.05) is 68.4 Å². The van der Waals surface area contributed by atoms with E-state index in [1.165, 1.54) is 4.31 Å². The van der Waals surface area contributed by atoms with Crippen LogP contribution in [0.4, 0.5) is 0 Å². The molecule has 0 saturated carbocycles. The van der Waals surface area contributed by atoms with Crippen LogP contribution in [-0.2, 0) is 10.0 Å². The molecule has 26 heavy (non-hydrogen) atoms. The molecule has 1 atom stereocenters. The summed E-state index contributed by atoms with van der Waals surface area (Å²) in [6, 6.07) is 19.8. The Kier molecular flexibility index (Phi) is 5.20. The molecule has 3 rings (SSSR count). The maximum atomic E-state index is 13.3. The zero-order chi connectivity index (χ0) is 18.7. The number of aromatic nitrogens is 1. The Morgan fingerprint density at radius 1 is 0.885 bits per heavy atom. The van der Waals surface area contributed by atoms with Crippen molar-refractivity contribution in [3.05, 3.63) is 95.3 Å². The molecule has 0 saturated heterocycles. The highest BCUT2D eigenvalue weighted by Crippen LogP contribution is 2.31. The predicted octanol–water partition coefficient (Wildman–Crippen LogP) is 4.11. The van der Waals surface area contributed by atoms with Crippen molar-refractivity contribution in [1.29, 1.82) is 0 Å². The van der Waals surface area contributed by atoms with Gasteiger partial charge >= 0.3 is 0 Å². The molecule has 3 aromatic rings. The smallest absolute Gasteiger partial charge is 0.243 e. The molecule has 1 aromatic heterocycles. The largest absolute Gasteiger partial charge is 0.259 e. The summed E-state index contributed by atoms with van der Waals surface area (Å²) < 4.78 is 28.0. The fraction of sp³-hybridized carbons (Fsp3) is 0.190. The van der Waals surface area contributed by atoms with Crippen molar-refractivity contribution in [3.63, 3.8) is 0 Å². The summed E-state index contributed by atoms with van der Waals surface area (Å²) in [5, 5.41) is 0. The van der Waals surface area contributed by atoms with E-state index in [2.05, 4.69) is 4.98 Å². The van der Waals surface area contributed by atoms with Crippen LogP contribution in [0.1, 0.15) is 28.4 Å². The molecule has 1 heterocycles. The van der Waals surface area contributed by atoms with Crippen LogP contribution in [0.3, 0.4) is 0 Å². The third-order valence-corrected chi connectivity index (χ3v) is 6.42. The topological polar surface area (TPSA) is 50.3 Å². The molecule has 0 radical (unpaired) electrons. The van der Waals surface area contributed by atoms with E-state index in [0.29, 0.717) is 10.6 Å². The zero-order valence-corrected chi connectivity index (χ0v) is 15.9.